The second-order valence-electron chi connectivity index (χ2n) is 4.39. The molecule has 3 rings (SSSR count). The normalized spacial score (nSPS) is 19.6. The van der Waals surface area contributed by atoms with Gasteiger partial charge in [-0.2, -0.15) is 0 Å². The van der Waals surface area contributed by atoms with Crippen LogP contribution in [0.2, 0.25) is 5.02 Å². The summed E-state index contributed by atoms with van der Waals surface area (Å²) in [5.41, 5.74) is 1.86. The van der Waals surface area contributed by atoms with E-state index < -0.39 is 0 Å². The number of nitrogens with zero attached hydrogens (tertiary/aromatic N) is 1. The van der Waals surface area contributed by atoms with Gasteiger partial charge in [-0.1, -0.05) is 33.6 Å². The number of halogens is 2. The molecular weight excluding hydrogens is 330 g/mol. The van der Waals surface area contributed by atoms with Gasteiger partial charge in [0.2, 0.25) is 0 Å². The second-order valence-corrected chi connectivity index (χ2v) is 5.71. The Labute approximate surface area is 124 Å². The van der Waals surface area contributed by atoms with Gasteiger partial charge in [-0.15, -0.1) is 0 Å². The first kappa shape index (κ1) is 13.1. The second kappa shape index (κ2) is 5.63. The van der Waals surface area contributed by atoms with Crippen molar-refractivity contribution in [3.8, 4) is 11.3 Å². The predicted molar refractivity (Wildman–Crippen MR) is 78.3 cm³/mol. The van der Waals surface area contributed by atoms with Crippen LogP contribution in [0.15, 0.2) is 28.9 Å². The summed E-state index contributed by atoms with van der Waals surface area (Å²) in [6, 6.07) is 5.93. The molecule has 1 fully saturated rings. The monoisotopic (exact) mass is 341 g/mol. The summed E-state index contributed by atoms with van der Waals surface area (Å²) < 4.78 is 6.40. The molecule has 4 nitrogen and oxygen atoms in total. The van der Waals surface area contributed by atoms with E-state index in [4.69, 9.17) is 16.3 Å². The van der Waals surface area contributed by atoms with Crippen LogP contribution in [0.4, 0.5) is 0 Å². The molecule has 2 aromatic rings. The number of rotatable bonds is 2. The smallest absolute Gasteiger partial charge is 0.126 e. The molecule has 1 aromatic carbocycles. The molecule has 1 aliphatic rings. The molecule has 0 bridgehead atoms. The molecular formula is C13H13BrClN3O. The number of morpholine rings is 1. The third-order valence-corrected chi connectivity index (χ3v) is 3.87. The van der Waals surface area contributed by atoms with Crippen LogP contribution in [0.25, 0.3) is 11.3 Å². The number of benzene rings is 1. The molecule has 1 aliphatic heterocycles. The van der Waals surface area contributed by atoms with E-state index in [2.05, 4.69) is 31.2 Å². The fourth-order valence-electron chi connectivity index (χ4n) is 2.10. The Hall–Kier alpha value is -0.880. The molecule has 1 unspecified atom stereocenters. The summed E-state index contributed by atoms with van der Waals surface area (Å²) in [6.45, 7) is 2.24. The summed E-state index contributed by atoms with van der Waals surface area (Å²) in [5, 5.41) is 4.06. The third-order valence-electron chi connectivity index (χ3n) is 3.07. The highest BCUT2D eigenvalue weighted by Gasteiger charge is 2.18. The van der Waals surface area contributed by atoms with E-state index in [0.717, 1.165) is 34.7 Å². The lowest BCUT2D eigenvalue weighted by Crippen LogP contribution is -2.35. The van der Waals surface area contributed by atoms with Crippen molar-refractivity contribution < 1.29 is 4.74 Å². The highest BCUT2D eigenvalue weighted by atomic mass is 79.9. The Morgan fingerprint density at radius 2 is 2.32 bits per heavy atom. The van der Waals surface area contributed by atoms with Crippen molar-refractivity contribution in [1.29, 1.82) is 0 Å². The van der Waals surface area contributed by atoms with Crippen molar-refractivity contribution >= 4 is 27.5 Å². The minimum atomic E-state index is 0.122. The van der Waals surface area contributed by atoms with Crippen molar-refractivity contribution in [2.24, 2.45) is 0 Å². The van der Waals surface area contributed by atoms with Gasteiger partial charge in [-0.25, -0.2) is 4.98 Å². The van der Waals surface area contributed by atoms with E-state index in [1.165, 1.54) is 0 Å². The highest BCUT2D eigenvalue weighted by molar-refractivity contribution is 9.10. The molecule has 19 heavy (non-hydrogen) atoms. The maximum atomic E-state index is 6.24. The molecule has 0 radical (unpaired) electrons. The van der Waals surface area contributed by atoms with Crippen molar-refractivity contribution in [2.75, 3.05) is 19.8 Å². The van der Waals surface area contributed by atoms with Crippen LogP contribution in [-0.4, -0.2) is 29.7 Å². The summed E-state index contributed by atoms with van der Waals surface area (Å²) >= 11 is 9.64. The van der Waals surface area contributed by atoms with Crippen LogP contribution in [0, 0.1) is 0 Å². The highest BCUT2D eigenvalue weighted by Crippen LogP contribution is 2.30. The number of ether oxygens (including phenoxy) is 1. The van der Waals surface area contributed by atoms with Gasteiger partial charge in [0.25, 0.3) is 0 Å². The molecule has 100 valence electrons. The van der Waals surface area contributed by atoms with E-state index in [0.29, 0.717) is 11.6 Å². The summed E-state index contributed by atoms with van der Waals surface area (Å²) in [4.78, 5) is 7.72. The number of H-pyrrole nitrogens is 1. The lowest BCUT2D eigenvalue weighted by molar-refractivity contribution is 0.0745. The van der Waals surface area contributed by atoms with Crippen molar-refractivity contribution in [3.05, 3.63) is 39.7 Å². The first-order valence-corrected chi connectivity index (χ1v) is 7.22. The van der Waals surface area contributed by atoms with E-state index in [-0.39, 0.29) is 6.04 Å². The molecule has 0 amide bonds. The zero-order chi connectivity index (χ0) is 13.2. The average molecular weight is 343 g/mol. The van der Waals surface area contributed by atoms with Gasteiger partial charge >= 0.3 is 0 Å². The number of aromatic amines is 1. The fraction of sp³-hybridized carbons (Fsp3) is 0.308. The van der Waals surface area contributed by atoms with Gasteiger partial charge in [-0.05, 0) is 12.1 Å². The van der Waals surface area contributed by atoms with Crippen molar-refractivity contribution in [2.45, 2.75) is 6.04 Å². The quantitative estimate of drug-likeness (QED) is 0.881. The lowest BCUT2D eigenvalue weighted by atomic mass is 10.2. The van der Waals surface area contributed by atoms with Crippen molar-refractivity contribution in [1.82, 2.24) is 15.3 Å². The predicted octanol–water partition coefficient (Wildman–Crippen LogP) is 3.15. The van der Waals surface area contributed by atoms with E-state index in [9.17, 15) is 0 Å². The van der Waals surface area contributed by atoms with Gasteiger partial charge in [-0.3, -0.25) is 0 Å². The minimum Gasteiger partial charge on any atom is -0.378 e. The van der Waals surface area contributed by atoms with Gasteiger partial charge < -0.3 is 15.0 Å². The maximum Gasteiger partial charge on any atom is 0.126 e. The van der Waals surface area contributed by atoms with Crippen LogP contribution >= 0.6 is 27.5 Å². The molecule has 0 spiro atoms. The standard InChI is InChI=1S/C13H13BrClN3O/c14-8-1-2-9(10(15)5-8)11-6-17-13(18-11)12-7-19-4-3-16-12/h1-2,5-6,12,16H,3-4,7H2,(H,17,18). The summed E-state index contributed by atoms with van der Waals surface area (Å²) in [7, 11) is 0. The first-order valence-electron chi connectivity index (χ1n) is 6.05. The SMILES string of the molecule is Clc1cc(Br)ccc1-c1cnc(C2COCCN2)[nH]1. The van der Waals surface area contributed by atoms with Crippen LogP contribution < -0.4 is 5.32 Å². The van der Waals surface area contributed by atoms with Crippen LogP contribution in [0.3, 0.4) is 0 Å². The Morgan fingerprint density at radius 1 is 1.42 bits per heavy atom. The van der Waals surface area contributed by atoms with Crippen LogP contribution in [-0.2, 0) is 4.74 Å². The fourth-order valence-corrected chi connectivity index (χ4v) is 2.87. The Morgan fingerprint density at radius 3 is 3.05 bits per heavy atom. The first-order chi connectivity index (χ1) is 9.24. The number of nitrogens with one attached hydrogen (secondary N) is 2. The lowest BCUT2D eigenvalue weighted by Gasteiger charge is -2.21. The number of aromatic nitrogens is 2. The van der Waals surface area contributed by atoms with E-state index in [1.54, 1.807) is 6.20 Å². The molecule has 0 aliphatic carbocycles. The Kier molecular flexibility index (Phi) is 3.88. The van der Waals surface area contributed by atoms with Gasteiger partial charge in [0.1, 0.15) is 5.82 Å². The average Bonchev–Trinajstić information content (AvgIpc) is 2.89. The number of hydrogen-bond acceptors (Lipinski definition) is 3. The topological polar surface area (TPSA) is 49.9 Å². The van der Waals surface area contributed by atoms with Gasteiger partial charge in [0.05, 0.1) is 36.2 Å². The molecule has 1 saturated heterocycles. The summed E-state index contributed by atoms with van der Waals surface area (Å²) in [6.07, 6.45) is 1.81. The Bertz CT molecular complexity index is 581. The molecule has 6 heteroatoms. The third kappa shape index (κ3) is 2.84. The molecule has 2 heterocycles. The Balaban J connectivity index is 1.87. The van der Waals surface area contributed by atoms with Gasteiger partial charge in [0.15, 0.2) is 0 Å². The van der Waals surface area contributed by atoms with Gasteiger partial charge in [0, 0.05) is 16.6 Å². The molecule has 2 N–H and O–H groups in total. The molecule has 1 aromatic heterocycles. The zero-order valence-electron chi connectivity index (χ0n) is 10.1. The number of imidazole rings is 1. The zero-order valence-corrected chi connectivity index (χ0v) is 12.5. The van der Waals surface area contributed by atoms with Crippen LogP contribution in [0.5, 0.6) is 0 Å². The van der Waals surface area contributed by atoms with E-state index >= 15 is 0 Å². The minimum absolute atomic E-state index is 0.122. The molecule has 0 saturated carbocycles. The molecule has 1 atom stereocenters. The maximum absolute atomic E-state index is 6.24. The number of hydrogen-bond donors (Lipinski definition) is 2. The largest absolute Gasteiger partial charge is 0.378 e. The van der Waals surface area contributed by atoms with Crippen molar-refractivity contribution in [3.63, 3.8) is 0 Å². The summed E-state index contributed by atoms with van der Waals surface area (Å²) in [5.74, 6) is 0.883. The van der Waals surface area contributed by atoms with E-state index in [1.807, 2.05) is 18.2 Å². The van der Waals surface area contributed by atoms with Crippen LogP contribution in [0.1, 0.15) is 11.9 Å².